The van der Waals surface area contributed by atoms with Crippen LogP contribution in [0.5, 0.6) is 0 Å². The van der Waals surface area contributed by atoms with Gasteiger partial charge in [-0.15, -0.1) is 0 Å². The molecule has 0 bridgehead atoms. The first-order valence-electron chi connectivity index (χ1n) is 8.97. The molecule has 1 fully saturated rings. The third-order valence-corrected chi connectivity index (χ3v) is 5.00. The molecule has 0 radical (unpaired) electrons. The summed E-state index contributed by atoms with van der Waals surface area (Å²) in [6.07, 6.45) is 6.85. The Morgan fingerprint density at radius 2 is 2.20 bits per heavy atom. The SMILES string of the molecule is CC(C)c1noc2nc(C3CC3)cc(C(=O)N[C@@H]3C=C[C@H](CO)C3)c12. The minimum atomic E-state index is -0.132. The number of pyridine rings is 1. The molecule has 2 N–H and O–H groups in total. The lowest BCUT2D eigenvalue weighted by molar-refractivity contribution is 0.0942. The van der Waals surface area contributed by atoms with E-state index in [1.54, 1.807) is 0 Å². The van der Waals surface area contributed by atoms with Crippen LogP contribution in [-0.4, -0.2) is 33.8 Å². The second kappa shape index (κ2) is 6.26. The molecule has 0 spiro atoms. The Hall–Kier alpha value is -2.21. The fraction of sp³-hybridized carbons (Fsp3) is 0.526. The highest BCUT2D eigenvalue weighted by Gasteiger charge is 2.30. The normalized spacial score (nSPS) is 22.9. The summed E-state index contributed by atoms with van der Waals surface area (Å²) in [5.74, 6) is 0.555. The highest BCUT2D eigenvalue weighted by atomic mass is 16.5. The zero-order chi connectivity index (χ0) is 17.6. The topological polar surface area (TPSA) is 88.2 Å². The number of aliphatic hydroxyl groups excluding tert-OH is 1. The van der Waals surface area contributed by atoms with Crippen LogP contribution >= 0.6 is 0 Å². The lowest BCUT2D eigenvalue weighted by atomic mass is 10.0. The van der Waals surface area contributed by atoms with E-state index in [0.717, 1.165) is 36.0 Å². The van der Waals surface area contributed by atoms with Gasteiger partial charge in [-0.05, 0) is 31.2 Å². The minimum absolute atomic E-state index is 0.0559. The fourth-order valence-electron chi connectivity index (χ4n) is 3.42. The Bertz CT molecular complexity index is 836. The van der Waals surface area contributed by atoms with Crippen LogP contribution in [0, 0.1) is 5.92 Å². The van der Waals surface area contributed by atoms with Crippen molar-refractivity contribution in [3.63, 3.8) is 0 Å². The van der Waals surface area contributed by atoms with Crippen molar-refractivity contribution in [2.45, 2.75) is 51.0 Å². The van der Waals surface area contributed by atoms with Gasteiger partial charge >= 0.3 is 0 Å². The van der Waals surface area contributed by atoms with Crippen LogP contribution in [0.2, 0.25) is 0 Å². The predicted octanol–water partition coefficient (Wildman–Crippen LogP) is 2.89. The monoisotopic (exact) mass is 341 g/mol. The van der Waals surface area contributed by atoms with Gasteiger partial charge in [-0.3, -0.25) is 4.79 Å². The lowest BCUT2D eigenvalue weighted by Crippen LogP contribution is -2.33. The molecule has 2 atom stereocenters. The summed E-state index contributed by atoms with van der Waals surface area (Å²) in [6, 6.07) is 1.85. The number of rotatable bonds is 5. The summed E-state index contributed by atoms with van der Waals surface area (Å²) in [7, 11) is 0. The van der Waals surface area contributed by atoms with Crippen molar-refractivity contribution in [2.24, 2.45) is 5.92 Å². The molecular formula is C19H23N3O3. The van der Waals surface area contributed by atoms with Crippen molar-refractivity contribution in [3.8, 4) is 0 Å². The third-order valence-electron chi connectivity index (χ3n) is 5.00. The Labute approximate surface area is 146 Å². The van der Waals surface area contributed by atoms with Crippen LogP contribution in [0.4, 0.5) is 0 Å². The number of aromatic nitrogens is 2. The van der Waals surface area contributed by atoms with E-state index in [-0.39, 0.29) is 30.4 Å². The number of aliphatic hydroxyl groups is 1. The summed E-state index contributed by atoms with van der Waals surface area (Å²) in [5.41, 5.74) is 2.73. The van der Waals surface area contributed by atoms with Gasteiger partial charge in [0.25, 0.3) is 11.6 Å². The molecule has 2 aromatic heterocycles. The van der Waals surface area contributed by atoms with Crippen molar-refractivity contribution in [1.82, 2.24) is 15.5 Å². The molecule has 0 aromatic carbocycles. The van der Waals surface area contributed by atoms with Crippen LogP contribution in [0.1, 0.15) is 66.7 Å². The molecule has 1 saturated carbocycles. The molecule has 6 nitrogen and oxygen atoms in total. The predicted molar refractivity (Wildman–Crippen MR) is 93.5 cm³/mol. The van der Waals surface area contributed by atoms with Gasteiger partial charge in [-0.1, -0.05) is 31.2 Å². The average molecular weight is 341 g/mol. The number of nitrogens with zero attached hydrogens (tertiary/aromatic N) is 2. The summed E-state index contributed by atoms with van der Waals surface area (Å²) >= 11 is 0. The molecule has 1 amide bonds. The van der Waals surface area contributed by atoms with Gasteiger partial charge in [0.2, 0.25) is 0 Å². The van der Waals surface area contributed by atoms with Crippen molar-refractivity contribution < 1.29 is 14.4 Å². The Balaban J connectivity index is 1.70. The molecule has 2 aliphatic rings. The van der Waals surface area contributed by atoms with Crippen molar-refractivity contribution >= 4 is 17.0 Å². The zero-order valence-corrected chi connectivity index (χ0v) is 14.5. The Morgan fingerprint density at radius 3 is 2.84 bits per heavy atom. The molecule has 0 saturated heterocycles. The number of hydrogen-bond acceptors (Lipinski definition) is 5. The lowest BCUT2D eigenvalue weighted by Gasteiger charge is -2.14. The summed E-state index contributed by atoms with van der Waals surface area (Å²) in [4.78, 5) is 17.6. The second-order valence-corrected chi connectivity index (χ2v) is 7.41. The Kier molecular flexibility index (Phi) is 4.07. The molecule has 0 unspecified atom stereocenters. The van der Waals surface area contributed by atoms with E-state index in [2.05, 4.69) is 15.5 Å². The quantitative estimate of drug-likeness (QED) is 0.817. The molecule has 2 aliphatic carbocycles. The first-order valence-corrected chi connectivity index (χ1v) is 8.97. The highest BCUT2D eigenvalue weighted by molar-refractivity contribution is 6.06. The number of hydrogen-bond donors (Lipinski definition) is 2. The van der Waals surface area contributed by atoms with E-state index in [1.165, 1.54) is 0 Å². The van der Waals surface area contributed by atoms with Gasteiger partial charge < -0.3 is 14.9 Å². The van der Waals surface area contributed by atoms with Crippen LogP contribution < -0.4 is 5.32 Å². The van der Waals surface area contributed by atoms with Crippen LogP contribution in [0.15, 0.2) is 22.7 Å². The van der Waals surface area contributed by atoms with Gasteiger partial charge in [0, 0.05) is 30.2 Å². The van der Waals surface area contributed by atoms with Crippen LogP contribution in [-0.2, 0) is 0 Å². The maximum absolute atomic E-state index is 13.0. The summed E-state index contributed by atoms with van der Waals surface area (Å²) in [5, 5.41) is 17.2. The number of carbonyl (C=O) groups excluding carboxylic acids is 1. The smallest absolute Gasteiger partial charge is 0.259 e. The first-order chi connectivity index (χ1) is 12.1. The van der Waals surface area contributed by atoms with Gasteiger partial charge in [0.15, 0.2) is 0 Å². The van der Waals surface area contributed by atoms with Crippen molar-refractivity contribution in [3.05, 3.63) is 35.2 Å². The van der Waals surface area contributed by atoms with Gasteiger partial charge in [-0.2, -0.15) is 0 Å². The highest BCUT2D eigenvalue weighted by Crippen LogP contribution is 2.41. The van der Waals surface area contributed by atoms with E-state index in [1.807, 2.05) is 32.1 Å². The van der Waals surface area contributed by atoms with Crippen molar-refractivity contribution in [1.29, 1.82) is 0 Å². The van der Waals surface area contributed by atoms with E-state index < -0.39 is 0 Å². The molecule has 2 heterocycles. The summed E-state index contributed by atoms with van der Waals surface area (Å²) < 4.78 is 5.44. The van der Waals surface area contributed by atoms with Crippen molar-refractivity contribution in [2.75, 3.05) is 6.61 Å². The van der Waals surface area contributed by atoms with Crippen LogP contribution in [0.25, 0.3) is 11.1 Å². The molecular weight excluding hydrogens is 318 g/mol. The van der Waals surface area contributed by atoms with Gasteiger partial charge in [0.05, 0.1) is 16.6 Å². The minimum Gasteiger partial charge on any atom is -0.396 e. The molecule has 6 heteroatoms. The van der Waals surface area contributed by atoms with Gasteiger partial charge in [-0.25, -0.2) is 4.98 Å². The van der Waals surface area contributed by atoms with Crippen LogP contribution in [0.3, 0.4) is 0 Å². The standard InChI is InChI=1S/C19H23N3O3/c1-10(2)17-16-14(18(24)20-13-6-3-11(7-13)9-23)8-15(12-4-5-12)21-19(16)25-22-17/h3,6,8,10-13,23H,4-5,7,9H2,1-2H3,(H,20,24)/t11-,13+/m0/s1. The average Bonchev–Trinajstić information content (AvgIpc) is 3.20. The Morgan fingerprint density at radius 1 is 1.40 bits per heavy atom. The number of fused-ring (bicyclic) bond motifs is 1. The number of amides is 1. The maximum atomic E-state index is 13.0. The van der Waals surface area contributed by atoms with E-state index >= 15 is 0 Å². The molecule has 2 aromatic rings. The third kappa shape index (κ3) is 3.06. The first kappa shape index (κ1) is 16.3. The summed E-state index contributed by atoms with van der Waals surface area (Å²) in [6.45, 7) is 4.16. The molecule has 4 rings (SSSR count). The zero-order valence-electron chi connectivity index (χ0n) is 14.5. The molecule has 132 valence electrons. The molecule has 25 heavy (non-hydrogen) atoms. The van der Waals surface area contributed by atoms with E-state index in [4.69, 9.17) is 4.52 Å². The number of carbonyl (C=O) groups is 1. The molecule has 0 aliphatic heterocycles. The number of nitrogens with one attached hydrogen (secondary N) is 1. The van der Waals surface area contributed by atoms with E-state index in [9.17, 15) is 9.90 Å². The van der Waals surface area contributed by atoms with Gasteiger partial charge in [0.1, 0.15) is 0 Å². The maximum Gasteiger partial charge on any atom is 0.259 e. The second-order valence-electron chi connectivity index (χ2n) is 7.41. The largest absolute Gasteiger partial charge is 0.396 e. The van der Waals surface area contributed by atoms with E-state index in [0.29, 0.717) is 17.2 Å². The fourth-order valence-corrected chi connectivity index (χ4v) is 3.42.